The minimum Gasteiger partial charge on any atom is -0.449 e. The van der Waals surface area contributed by atoms with Crippen molar-refractivity contribution in [3.05, 3.63) is 76.4 Å². The van der Waals surface area contributed by atoms with Gasteiger partial charge in [-0.15, -0.1) is 0 Å². The highest BCUT2D eigenvalue weighted by Gasteiger charge is 2.17. The highest BCUT2D eigenvalue weighted by Crippen LogP contribution is 2.22. The molecular formula is C21H16Cl2N2O3. The fraction of sp³-hybridized carbons (Fsp3) is 0.0952. The summed E-state index contributed by atoms with van der Waals surface area (Å²) in [5, 5.41) is 4.38. The van der Waals surface area contributed by atoms with Crippen molar-refractivity contribution in [1.29, 1.82) is 0 Å². The summed E-state index contributed by atoms with van der Waals surface area (Å²) in [6.07, 6.45) is 1.77. The number of amides is 1. The largest absolute Gasteiger partial charge is 0.449 e. The SMILES string of the molecule is CC(OC(=O)/C=C/c1ccc2ccccc2n1)C(=O)Nc1cc(Cl)cc(Cl)c1. The Hall–Kier alpha value is -2.89. The molecule has 0 radical (unpaired) electrons. The van der Waals surface area contributed by atoms with Gasteiger partial charge in [-0.05, 0) is 43.3 Å². The molecule has 0 fully saturated rings. The van der Waals surface area contributed by atoms with Crippen molar-refractivity contribution in [2.24, 2.45) is 0 Å². The molecule has 5 nitrogen and oxygen atoms in total. The molecule has 28 heavy (non-hydrogen) atoms. The van der Waals surface area contributed by atoms with Crippen LogP contribution in [0.4, 0.5) is 5.69 Å². The summed E-state index contributed by atoms with van der Waals surface area (Å²) >= 11 is 11.8. The summed E-state index contributed by atoms with van der Waals surface area (Å²) in [7, 11) is 0. The van der Waals surface area contributed by atoms with Crippen LogP contribution in [0.1, 0.15) is 12.6 Å². The molecule has 1 unspecified atom stereocenters. The number of hydrogen-bond donors (Lipinski definition) is 1. The Morgan fingerprint density at radius 1 is 1.07 bits per heavy atom. The number of rotatable bonds is 5. The van der Waals surface area contributed by atoms with Gasteiger partial charge in [0.15, 0.2) is 6.10 Å². The monoisotopic (exact) mass is 414 g/mol. The number of nitrogens with zero attached hydrogens (tertiary/aromatic N) is 1. The highest BCUT2D eigenvalue weighted by atomic mass is 35.5. The maximum atomic E-state index is 12.2. The second kappa shape index (κ2) is 8.87. The van der Waals surface area contributed by atoms with E-state index in [1.165, 1.54) is 19.1 Å². The molecular weight excluding hydrogens is 399 g/mol. The van der Waals surface area contributed by atoms with Gasteiger partial charge in [-0.1, -0.05) is 47.5 Å². The zero-order chi connectivity index (χ0) is 20.1. The topological polar surface area (TPSA) is 68.3 Å². The second-order valence-corrected chi connectivity index (χ2v) is 6.86. The Balaban J connectivity index is 1.59. The lowest BCUT2D eigenvalue weighted by molar-refractivity contribution is -0.148. The summed E-state index contributed by atoms with van der Waals surface area (Å²) in [6.45, 7) is 1.47. The summed E-state index contributed by atoms with van der Waals surface area (Å²) < 4.78 is 5.12. The molecule has 2 aromatic carbocycles. The van der Waals surface area contributed by atoms with E-state index in [9.17, 15) is 9.59 Å². The van der Waals surface area contributed by atoms with Crippen LogP contribution in [0, 0.1) is 0 Å². The maximum Gasteiger partial charge on any atom is 0.331 e. The molecule has 0 saturated carbocycles. The second-order valence-electron chi connectivity index (χ2n) is 5.99. The van der Waals surface area contributed by atoms with Crippen molar-refractivity contribution in [2.45, 2.75) is 13.0 Å². The summed E-state index contributed by atoms with van der Waals surface area (Å²) in [6, 6.07) is 16.0. The molecule has 0 bridgehead atoms. The molecule has 1 amide bonds. The van der Waals surface area contributed by atoms with Crippen molar-refractivity contribution in [1.82, 2.24) is 4.98 Å². The quantitative estimate of drug-likeness (QED) is 0.464. The van der Waals surface area contributed by atoms with Gasteiger partial charge >= 0.3 is 5.97 Å². The van der Waals surface area contributed by atoms with Crippen LogP contribution in [-0.4, -0.2) is 23.0 Å². The van der Waals surface area contributed by atoms with Gasteiger partial charge in [0, 0.05) is 27.2 Å². The summed E-state index contributed by atoms with van der Waals surface area (Å²) in [5.74, 6) is -1.15. The molecule has 0 saturated heterocycles. The molecule has 142 valence electrons. The number of fused-ring (bicyclic) bond motifs is 1. The van der Waals surface area contributed by atoms with Gasteiger partial charge in [0.2, 0.25) is 0 Å². The average molecular weight is 415 g/mol. The van der Waals surface area contributed by atoms with E-state index in [2.05, 4.69) is 10.3 Å². The molecule has 1 heterocycles. The van der Waals surface area contributed by atoms with Crippen LogP contribution in [-0.2, 0) is 14.3 Å². The normalized spacial score (nSPS) is 12.1. The number of benzene rings is 2. The van der Waals surface area contributed by atoms with Gasteiger partial charge in [0.1, 0.15) is 0 Å². The zero-order valence-corrected chi connectivity index (χ0v) is 16.4. The van der Waals surface area contributed by atoms with E-state index in [1.54, 1.807) is 24.3 Å². The van der Waals surface area contributed by atoms with E-state index >= 15 is 0 Å². The van der Waals surface area contributed by atoms with Crippen LogP contribution >= 0.6 is 23.2 Å². The number of anilines is 1. The Morgan fingerprint density at radius 3 is 2.54 bits per heavy atom. The van der Waals surface area contributed by atoms with Crippen molar-refractivity contribution < 1.29 is 14.3 Å². The molecule has 3 rings (SSSR count). The molecule has 7 heteroatoms. The smallest absolute Gasteiger partial charge is 0.331 e. The zero-order valence-electron chi connectivity index (χ0n) is 14.9. The van der Waals surface area contributed by atoms with E-state index in [-0.39, 0.29) is 0 Å². The van der Waals surface area contributed by atoms with E-state index in [4.69, 9.17) is 27.9 Å². The third-order valence-corrected chi connectivity index (χ3v) is 4.24. The lowest BCUT2D eigenvalue weighted by Gasteiger charge is -2.12. The maximum absolute atomic E-state index is 12.2. The first-order valence-electron chi connectivity index (χ1n) is 8.42. The third-order valence-electron chi connectivity index (χ3n) is 3.80. The molecule has 1 N–H and O–H groups in total. The van der Waals surface area contributed by atoms with E-state index in [1.807, 2.05) is 30.3 Å². The van der Waals surface area contributed by atoms with E-state index < -0.39 is 18.0 Å². The van der Waals surface area contributed by atoms with Crippen LogP contribution in [0.5, 0.6) is 0 Å². The number of para-hydroxylation sites is 1. The van der Waals surface area contributed by atoms with Crippen LogP contribution < -0.4 is 5.32 Å². The Bertz CT molecular complexity index is 1050. The van der Waals surface area contributed by atoms with Crippen LogP contribution in [0.15, 0.2) is 60.7 Å². The summed E-state index contributed by atoms with van der Waals surface area (Å²) in [5.41, 5.74) is 1.86. The number of pyridine rings is 1. The third kappa shape index (κ3) is 5.31. The van der Waals surface area contributed by atoms with Crippen molar-refractivity contribution >= 4 is 57.7 Å². The fourth-order valence-electron chi connectivity index (χ4n) is 2.46. The molecule has 3 aromatic rings. The Morgan fingerprint density at radius 2 is 1.79 bits per heavy atom. The molecule has 0 spiro atoms. The first-order chi connectivity index (χ1) is 13.4. The lowest BCUT2D eigenvalue weighted by Crippen LogP contribution is -2.29. The number of carbonyl (C=O) groups is 2. The van der Waals surface area contributed by atoms with Gasteiger partial charge in [0.05, 0.1) is 11.2 Å². The summed E-state index contributed by atoms with van der Waals surface area (Å²) in [4.78, 5) is 28.6. The van der Waals surface area contributed by atoms with Gasteiger partial charge in [0.25, 0.3) is 5.91 Å². The van der Waals surface area contributed by atoms with E-state index in [0.717, 1.165) is 10.9 Å². The number of halogens is 2. The number of esters is 1. The predicted octanol–water partition coefficient (Wildman–Crippen LogP) is 5.13. The molecule has 0 aliphatic carbocycles. The first kappa shape index (κ1) is 19.9. The van der Waals surface area contributed by atoms with Crippen molar-refractivity contribution in [3.8, 4) is 0 Å². The minimum absolute atomic E-state index is 0.387. The number of ether oxygens (including phenoxy) is 1. The molecule has 0 aliphatic heterocycles. The van der Waals surface area contributed by atoms with Crippen molar-refractivity contribution in [2.75, 3.05) is 5.32 Å². The highest BCUT2D eigenvalue weighted by molar-refractivity contribution is 6.35. The molecule has 1 aromatic heterocycles. The Kier molecular flexibility index (Phi) is 6.29. The minimum atomic E-state index is -1.00. The van der Waals surface area contributed by atoms with Gasteiger partial charge in [-0.25, -0.2) is 9.78 Å². The van der Waals surface area contributed by atoms with Crippen LogP contribution in [0.25, 0.3) is 17.0 Å². The fourth-order valence-corrected chi connectivity index (χ4v) is 2.99. The van der Waals surface area contributed by atoms with Gasteiger partial charge in [-0.3, -0.25) is 4.79 Å². The number of carbonyl (C=O) groups excluding carboxylic acids is 2. The van der Waals surface area contributed by atoms with E-state index in [0.29, 0.717) is 21.4 Å². The van der Waals surface area contributed by atoms with Crippen molar-refractivity contribution in [3.63, 3.8) is 0 Å². The first-order valence-corrected chi connectivity index (χ1v) is 9.18. The number of aromatic nitrogens is 1. The molecule has 0 aliphatic rings. The van der Waals surface area contributed by atoms with Crippen LogP contribution in [0.3, 0.4) is 0 Å². The lowest BCUT2D eigenvalue weighted by atomic mass is 10.2. The number of hydrogen-bond acceptors (Lipinski definition) is 4. The molecule has 1 atom stereocenters. The number of nitrogens with one attached hydrogen (secondary N) is 1. The van der Waals surface area contributed by atoms with Gasteiger partial charge < -0.3 is 10.1 Å². The average Bonchev–Trinajstić information content (AvgIpc) is 2.65. The van der Waals surface area contributed by atoms with Crippen LogP contribution in [0.2, 0.25) is 10.0 Å². The predicted molar refractivity (Wildman–Crippen MR) is 111 cm³/mol. The Labute approximate surface area is 171 Å². The van der Waals surface area contributed by atoms with Gasteiger partial charge in [-0.2, -0.15) is 0 Å². The standard InChI is InChI=1S/C21H16Cl2N2O3/c1-13(21(27)25-18-11-15(22)10-16(23)12-18)28-20(26)9-8-17-7-6-14-4-2-3-5-19(14)24-17/h2-13H,1H3,(H,25,27)/b9-8+.